The van der Waals surface area contributed by atoms with Crippen molar-refractivity contribution in [2.45, 2.75) is 26.7 Å². The standard InChI is InChI=1S/C18H21ClO6/c1-3-9-23-17(21)15(18(22)24-10-4-2)11-13-5-7-14(8-6-13)25-12-16(19)20/h5-8,11H,3-4,9-10,12H2,1-2H3. The molecule has 0 bridgehead atoms. The molecule has 0 aliphatic rings. The van der Waals surface area contributed by atoms with Crippen molar-refractivity contribution in [1.29, 1.82) is 0 Å². The van der Waals surface area contributed by atoms with Gasteiger partial charge in [-0.3, -0.25) is 4.79 Å². The van der Waals surface area contributed by atoms with E-state index in [4.69, 9.17) is 25.8 Å². The fourth-order valence-corrected chi connectivity index (χ4v) is 1.77. The third-order valence-electron chi connectivity index (χ3n) is 2.86. The van der Waals surface area contributed by atoms with E-state index in [0.717, 1.165) is 0 Å². The number of ether oxygens (including phenoxy) is 3. The highest BCUT2D eigenvalue weighted by molar-refractivity contribution is 6.63. The topological polar surface area (TPSA) is 78.9 Å². The molecule has 0 fully saturated rings. The molecule has 0 unspecified atom stereocenters. The Morgan fingerprint density at radius 3 is 1.92 bits per heavy atom. The molecule has 0 saturated heterocycles. The minimum atomic E-state index is -0.726. The third kappa shape index (κ3) is 7.85. The summed E-state index contributed by atoms with van der Waals surface area (Å²) in [5.41, 5.74) is 0.410. The van der Waals surface area contributed by atoms with E-state index in [0.29, 0.717) is 24.2 Å². The SMILES string of the molecule is CCCOC(=O)C(=Cc1ccc(OCC(=O)Cl)cc1)C(=O)OCCC. The van der Waals surface area contributed by atoms with Gasteiger partial charge in [0, 0.05) is 0 Å². The van der Waals surface area contributed by atoms with Crippen LogP contribution in [0.15, 0.2) is 29.8 Å². The smallest absolute Gasteiger partial charge is 0.345 e. The van der Waals surface area contributed by atoms with E-state index in [1.165, 1.54) is 6.08 Å². The zero-order chi connectivity index (χ0) is 18.7. The number of benzene rings is 1. The van der Waals surface area contributed by atoms with Crippen LogP contribution in [-0.4, -0.2) is 37.0 Å². The van der Waals surface area contributed by atoms with Gasteiger partial charge in [0.25, 0.3) is 5.24 Å². The molecule has 1 aromatic carbocycles. The summed E-state index contributed by atoms with van der Waals surface area (Å²) in [6, 6.07) is 6.46. The second-order valence-electron chi connectivity index (χ2n) is 5.04. The Morgan fingerprint density at radius 2 is 1.48 bits per heavy atom. The van der Waals surface area contributed by atoms with Crippen molar-refractivity contribution in [2.24, 2.45) is 0 Å². The van der Waals surface area contributed by atoms with Crippen LogP contribution in [-0.2, 0) is 23.9 Å². The summed E-state index contributed by atoms with van der Waals surface area (Å²) in [6.07, 6.45) is 2.69. The Hall–Kier alpha value is -2.34. The number of halogens is 1. The molecule has 0 heterocycles. The van der Waals surface area contributed by atoms with Crippen molar-refractivity contribution < 1.29 is 28.6 Å². The molecule has 0 spiro atoms. The minimum Gasteiger partial charge on any atom is -0.484 e. The Labute approximate surface area is 151 Å². The zero-order valence-corrected chi connectivity index (χ0v) is 15.0. The number of hydrogen-bond acceptors (Lipinski definition) is 6. The lowest BCUT2D eigenvalue weighted by atomic mass is 10.1. The predicted molar refractivity (Wildman–Crippen MR) is 93.3 cm³/mol. The lowest BCUT2D eigenvalue weighted by Gasteiger charge is -2.08. The summed E-state index contributed by atoms with van der Waals surface area (Å²) in [6.45, 7) is 3.91. The van der Waals surface area contributed by atoms with Crippen LogP contribution in [0.25, 0.3) is 6.08 Å². The van der Waals surface area contributed by atoms with Crippen molar-refractivity contribution in [3.63, 3.8) is 0 Å². The molecule has 1 aromatic rings. The number of rotatable bonds is 10. The number of carbonyl (C=O) groups excluding carboxylic acids is 3. The average molecular weight is 369 g/mol. The van der Waals surface area contributed by atoms with E-state index in [-0.39, 0.29) is 25.4 Å². The normalized spacial score (nSPS) is 9.88. The minimum absolute atomic E-state index is 0.175. The molecule has 0 N–H and O–H groups in total. The Balaban J connectivity index is 2.93. The fraction of sp³-hybridized carbons (Fsp3) is 0.389. The maximum absolute atomic E-state index is 12.1. The first kappa shape index (κ1) is 20.7. The summed E-state index contributed by atoms with van der Waals surface area (Å²) in [7, 11) is 0. The van der Waals surface area contributed by atoms with Crippen LogP contribution >= 0.6 is 11.6 Å². The maximum Gasteiger partial charge on any atom is 0.345 e. The van der Waals surface area contributed by atoms with Crippen LogP contribution in [0.1, 0.15) is 32.3 Å². The van der Waals surface area contributed by atoms with Crippen molar-refractivity contribution in [3.05, 3.63) is 35.4 Å². The summed E-state index contributed by atoms with van der Waals surface area (Å²) in [4.78, 5) is 34.9. The van der Waals surface area contributed by atoms with Gasteiger partial charge in [0.05, 0.1) is 13.2 Å². The van der Waals surface area contributed by atoms with E-state index in [1.807, 2.05) is 13.8 Å². The molecule has 0 aliphatic heterocycles. The number of esters is 2. The first-order chi connectivity index (χ1) is 12.0. The summed E-state index contributed by atoms with van der Waals surface area (Å²) in [5, 5.41) is -0.608. The lowest BCUT2D eigenvalue weighted by molar-refractivity contribution is -0.147. The van der Waals surface area contributed by atoms with Crippen molar-refractivity contribution in [3.8, 4) is 5.75 Å². The van der Waals surface area contributed by atoms with Crippen LogP contribution in [0.4, 0.5) is 0 Å². The number of hydrogen-bond donors (Lipinski definition) is 0. The maximum atomic E-state index is 12.1. The van der Waals surface area contributed by atoms with Gasteiger partial charge in [0.1, 0.15) is 11.3 Å². The molecular formula is C18H21ClO6. The Morgan fingerprint density at radius 1 is 0.960 bits per heavy atom. The van der Waals surface area contributed by atoms with Gasteiger partial charge in [0.2, 0.25) is 0 Å². The quantitative estimate of drug-likeness (QED) is 0.207. The summed E-state index contributed by atoms with van der Waals surface area (Å²) >= 11 is 5.20. The van der Waals surface area contributed by atoms with Gasteiger partial charge in [-0.25, -0.2) is 9.59 Å². The van der Waals surface area contributed by atoms with Gasteiger partial charge in [-0.05, 0) is 48.2 Å². The van der Waals surface area contributed by atoms with E-state index in [2.05, 4.69) is 0 Å². The number of carbonyl (C=O) groups is 3. The Bertz CT molecular complexity index is 599. The first-order valence-corrected chi connectivity index (χ1v) is 8.32. The first-order valence-electron chi connectivity index (χ1n) is 7.95. The van der Waals surface area contributed by atoms with Crippen molar-refractivity contribution in [1.82, 2.24) is 0 Å². The average Bonchev–Trinajstić information content (AvgIpc) is 2.61. The van der Waals surface area contributed by atoms with E-state index in [9.17, 15) is 14.4 Å². The highest BCUT2D eigenvalue weighted by atomic mass is 35.5. The monoisotopic (exact) mass is 368 g/mol. The molecule has 1 rings (SSSR count). The van der Waals surface area contributed by atoms with Gasteiger partial charge in [0.15, 0.2) is 6.61 Å². The highest BCUT2D eigenvalue weighted by Gasteiger charge is 2.21. The van der Waals surface area contributed by atoms with Crippen molar-refractivity contribution >= 4 is 34.9 Å². The molecule has 136 valence electrons. The van der Waals surface area contributed by atoms with Crippen molar-refractivity contribution in [2.75, 3.05) is 19.8 Å². The fourth-order valence-electron chi connectivity index (χ4n) is 1.71. The summed E-state index contributed by atoms with van der Waals surface area (Å²) in [5.74, 6) is -1.01. The van der Waals surface area contributed by atoms with Crippen LogP contribution in [0.2, 0.25) is 0 Å². The molecule has 0 aliphatic carbocycles. The van der Waals surface area contributed by atoms with Gasteiger partial charge >= 0.3 is 11.9 Å². The highest BCUT2D eigenvalue weighted by Crippen LogP contribution is 2.16. The molecule has 0 radical (unpaired) electrons. The van der Waals surface area contributed by atoms with E-state index >= 15 is 0 Å². The van der Waals surface area contributed by atoms with Crippen LogP contribution < -0.4 is 4.74 Å². The second-order valence-corrected chi connectivity index (χ2v) is 5.46. The Kier molecular flexibility index (Phi) is 9.32. The van der Waals surface area contributed by atoms with Gasteiger partial charge in [-0.2, -0.15) is 0 Å². The zero-order valence-electron chi connectivity index (χ0n) is 14.2. The van der Waals surface area contributed by atoms with Crippen LogP contribution in [0, 0.1) is 0 Å². The van der Waals surface area contributed by atoms with Crippen LogP contribution in [0.3, 0.4) is 0 Å². The van der Waals surface area contributed by atoms with E-state index < -0.39 is 17.2 Å². The van der Waals surface area contributed by atoms with Crippen LogP contribution in [0.5, 0.6) is 5.75 Å². The molecule has 0 saturated carbocycles. The molecule has 6 nitrogen and oxygen atoms in total. The summed E-state index contributed by atoms with van der Waals surface area (Å²) < 4.78 is 15.2. The predicted octanol–water partition coefficient (Wildman–Crippen LogP) is 3.12. The lowest BCUT2D eigenvalue weighted by Crippen LogP contribution is -2.19. The molecule has 0 amide bonds. The van der Waals surface area contributed by atoms with Gasteiger partial charge in [-0.15, -0.1) is 0 Å². The molecular weight excluding hydrogens is 348 g/mol. The molecule has 0 aromatic heterocycles. The second kappa shape index (κ2) is 11.3. The van der Waals surface area contributed by atoms with E-state index in [1.54, 1.807) is 24.3 Å². The van der Waals surface area contributed by atoms with Gasteiger partial charge < -0.3 is 14.2 Å². The van der Waals surface area contributed by atoms with Gasteiger partial charge in [-0.1, -0.05) is 26.0 Å². The molecule has 7 heteroatoms. The third-order valence-corrected chi connectivity index (χ3v) is 2.97. The molecule has 25 heavy (non-hydrogen) atoms. The molecule has 0 atom stereocenters. The largest absolute Gasteiger partial charge is 0.484 e.